The number of hydrogen-bond donors (Lipinski definition) is 0. The van der Waals surface area contributed by atoms with Crippen molar-refractivity contribution in [1.29, 1.82) is 0 Å². The van der Waals surface area contributed by atoms with Gasteiger partial charge in [-0.25, -0.2) is 4.98 Å². The Labute approximate surface area is 293 Å². The number of hydrogen-bond acceptors (Lipinski definition) is 3. The van der Waals surface area contributed by atoms with Crippen LogP contribution < -0.4 is 15.9 Å². The topological polar surface area (TPSA) is 42.3 Å². The van der Waals surface area contributed by atoms with Gasteiger partial charge < -0.3 is 4.57 Å². The van der Waals surface area contributed by atoms with Crippen LogP contribution >= 0.6 is 7.14 Å². The lowest BCUT2D eigenvalue weighted by atomic mass is 9.65. The highest BCUT2D eigenvalue weighted by molar-refractivity contribution is 7.85. The van der Waals surface area contributed by atoms with Crippen molar-refractivity contribution in [2.75, 3.05) is 0 Å². The van der Waals surface area contributed by atoms with Gasteiger partial charge in [-0.15, -0.1) is 0 Å². The lowest BCUT2D eigenvalue weighted by Crippen LogP contribution is -2.30. The fourth-order valence-electron chi connectivity index (χ4n) is 8.23. The van der Waals surface area contributed by atoms with Gasteiger partial charge in [0.05, 0.1) is 22.6 Å². The van der Waals surface area contributed by atoms with Crippen LogP contribution in [0.25, 0.3) is 33.3 Å². The largest absolute Gasteiger partial charge is 0.309 e. The Bertz CT molecular complexity index is 2480. The maximum Gasteiger partial charge on any atom is 0.171 e. The molecule has 1 aromatic heterocycles. The first kappa shape index (κ1) is 30.4. The van der Waals surface area contributed by atoms with Gasteiger partial charge in [0.2, 0.25) is 0 Å². The maximum absolute atomic E-state index is 15.2. The van der Waals surface area contributed by atoms with Crippen molar-refractivity contribution in [3.05, 3.63) is 186 Å². The number of benzene rings is 6. The third kappa shape index (κ3) is 4.69. The van der Waals surface area contributed by atoms with Gasteiger partial charge in [0.15, 0.2) is 7.14 Å². The molecule has 2 atom stereocenters. The Balaban J connectivity index is 1.25. The monoisotopic (exact) mass is 662 g/mol. The number of nitrogens with zero attached hydrogens (tertiary/aromatic N) is 2. The molecule has 2 unspecified atom stereocenters. The molecule has 9 rings (SSSR count). The lowest BCUT2D eigenvalue weighted by Gasteiger charge is -2.40. The summed E-state index contributed by atoms with van der Waals surface area (Å²) in [5.74, 6) is 0.137. The van der Waals surface area contributed by atoms with Gasteiger partial charge >= 0.3 is 0 Å². The molecule has 0 radical (unpaired) electrons. The smallest absolute Gasteiger partial charge is 0.171 e. The van der Waals surface area contributed by atoms with E-state index in [1.165, 1.54) is 33.2 Å². The van der Waals surface area contributed by atoms with Gasteiger partial charge in [-0.2, -0.15) is 0 Å². The first-order valence-corrected chi connectivity index (χ1v) is 18.9. The molecule has 1 aliphatic carbocycles. The number of aromatic nitrogens is 1. The number of rotatable bonds is 5. The van der Waals surface area contributed by atoms with E-state index in [1.54, 1.807) is 0 Å². The van der Waals surface area contributed by atoms with E-state index in [2.05, 4.69) is 117 Å². The third-order valence-corrected chi connectivity index (χ3v) is 13.6. The summed E-state index contributed by atoms with van der Waals surface area (Å²) in [6.45, 7) is 4.63. The van der Waals surface area contributed by atoms with E-state index in [9.17, 15) is 0 Å². The fourth-order valence-corrected chi connectivity index (χ4v) is 10.9. The van der Waals surface area contributed by atoms with Gasteiger partial charge in [-0.05, 0) is 47.2 Å². The molecule has 7 aromatic rings. The first-order valence-electron chi connectivity index (χ1n) is 17.2. The zero-order chi connectivity index (χ0) is 33.8. The standard InChI is InChI=1S/C46H35N2OP/c1-30-42-38-23-13-15-25-40(38)48-46(33-26-28-36(29-27-33)50(49,34-18-8-4-9-19-34)35-20-10-5-11-21-35)44(42)31(2)41-37-22-12-14-24-39(37)47-45(43(30)41)32-16-6-3-7-17-32/h3-29,31,44H,1-2H3. The van der Waals surface area contributed by atoms with Crippen molar-refractivity contribution < 1.29 is 4.57 Å². The molecule has 0 saturated heterocycles. The molecule has 1 aliphatic heterocycles. The van der Waals surface area contributed by atoms with Gasteiger partial charge in [-0.3, -0.25) is 4.99 Å². The molecule has 2 aliphatic rings. The summed E-state index contributed by atoms with van der Waals surface area (Å²) in [5, 5.41) is 3.66. The number of allylic oxidation sites excluding steroid dienone is 2. The van der Waals surface area contributed by atoms with Crippen molar-refractivity contribution in [2.45, 2.75) is 19.8 Å². The van der Waals surface area contributed by atoms with Crippen molar-refractivity contribution in [2.24, 2.45) is 10.9 Å². The second-order valence-corrected chi connectivity index (χ2v) is 16.0. The van der Waals surface area contributed by atoms with Crippen LogP contribution in [-0.2, 0) is 4.57 Å². The first-order chi connectivity index (χ1) is 24.5. The predicted octanol–water partition coefficient (Wildman–Crippen LogP) is 10.3. The molecule has 0 saturated carbocycles. The molecule has 4 heteroatoms. The summed E-state index contributed by atoms with van der Waals surface area (Å²) in [6, 6.07) is 55.8. The summed E-state index contributed by atoms with van der Waals surface area (Å²) in [6.07, 6.45) is 0. The van der Waals surface area contributed by atoms with Gasteiger partial charge in [0.25, 0.3) is 0 Å². The predicted molar refractivity (Wildman–Crippen MR) is 210 cm³/mol. The van der Waals surface area contributed by atoms with Gasteiger partial charge in [0.1, 0.15) is 0 Å². The molecule has 0 amide bonds. The SMILES string of the molecule is CC1=C2c3ccccc3N=C(c3ccc(P(=O)(c4ccccc4)c4ccccc4)cc3)C2C(C)c2c1c(-c1ccccc1)nc1ccccc21. The molecular weight excluding hydrogens is 627 g/mol. The zero-order valence-electron chi connectivity index (χ0n) is 28.0. The molecular formula is C46H35N2OP. The molecule has 0 spiro atoms. The minimum atomic E-state index is -3.10. The van der Waals surface area contributed by atoms with Gasteiger partial charge in [0, 0.05) is 43.9 Å². The molecule has 240 valence electrons. The van der Waals surface area contributed by atoms with E-state index in [0.717, 1.165) is 49.7 Å². The fraction of sp³-hybridized carbons (Fsp3) is 0.0870. The van der Waals surface area contributed by atoms with Crippen LogP contribution in [0.15, 0.2) is 169 Å². The molecule has 0 N–H and O–H groups in total. The van der Waals surface area contributed by atoms with E-state index in [4.69, 9.17) is 9.98 Å². The molecule has 0 bridgehead atoms. The van der Waals surface area contributed by atoms with E-state index < -0.39 is 7.14 Å². The number of aliphatic imine (C=N–C) groups is 1. The Morgan fingerprint density at radius 3 is 1.82 bits per heavy atom. The van der Waals surface area contributed by atoms with Crippen molar-refractivity contribution in [1.82, 2.24) is 4.98 Å². The Hall–Kier alpha value is -5.63. The second-order valence-electron chi connectivity index (χ2n) is 13.3. The van der Waals surface area contributed by atoms with Crippen molar-refractivity contribution >= 4 is 56.5 Å². The van der Waals surface area contributed by atoms with Gasteiger partial charge in [-0.1, -0.05) is 159 Å². The number of pyridine rings is 1. The van der Waals surface area contributed by atoms with Crippen LogP contribution in [0.2, 0.25) is 0 Å². The third-order valence-electron chi connectivity index (χ3n) is 10.5. The minimum absolute atomic E-state index is 0.0210. The second kappa shape index (κ2) is 12.1. The molecule has 6 aromatic carbocycles. The average molecular weight is 663 g/mol. The highest BCUT2D eigenvalue weighted by atomic mass is 31.2. The summed E-state index contributed by atoms with van der Waals surface area (Å²) in [5.41, 5.74) is 12.5. The van der Waals surface area contributed by atoms with Crippen molar-refractivity contribution in [3.8, 4) is 11.3 Å². The Morgan fingerprint density at radius 2 is 1.14 bits per heavy atom. The molecule has 0 fully saturated rings. The molecule has 50 heavy (non-hydrogen) atoms. The van der Waals surface area contributed by atoms with Crippen molar-refractivity contribution in [3.63, 3.8) is 0 Å². The summed E-state index contributed by atoms with van der Waals surface area (Å²) >= 11 is 0. The van der Waals surface area contributed by atoms with E-state index in [-0.39, 0.29) is 11.8 Å². The lowest BCUT2D eigenvalue weighted by molar-refractivity contribution is 0.592. The van der Waals surface area contributed by atoms with E-state index in [1.807, 2.05) is 60.7 Å². The van der Waals surface area contributed by atoms with E-state index >= 15 is 4.57 Å². The molecule has 2 heterocycles. The van der Waals surface area contributed by atoms with E-state index in [0.29, 0.717) is 0 Å². The summed E-state index contributed by atoms with van der Waals surface area (Å²) < 4.78 is 15.2. The molecule has 3 nitrogen and oxygen atoms in total. The Morgan fingerprint density at radius 1 is 0.580 bits per heavy atom. The van der Waals surface area contributed by atoms with Crippen LogP contribution in [0.5, 0.6) is 0 Å². The zero-order valence-corrected chi connectivity index (χ0v) is 28.9. The summed E-state index contributed by atoms with van der Waals surface area (Å²) in [4.78, 5) is 10.7. The number of fused-ring (bicyclic) bond motifs is 6. The number of para-hydroxylation sites is 2. The van der Waals surface area contributed by atoms with Crippen LogP contribution in [-0.4, -0.2) is 10.7 Å². The summed E-state index contributed by atoms with van der Waals surface area (Å²) in [7, 11) is -3.10. The average Bonchev–Trinajstić information content (AvgIpc) is 3.19. The quantitative estimate of drug-likeness (QED) is 0.172. The minimum Gasteiger partial charge on any atom is -0.309 e. The highest BCUT2D eigenvalue weighted by Gasteiger charge is 2.41. The normalized spacial score (nSPS) is 16.7. The van der Waals surface area contributed by atoms with Crippen LogP contribution in [0.4, 0.5) is 5.69 Å². The highest BCUT2D eigenvalue weighted by Crippen LogP contribution is 2.55. The Kier molecular flexibility index (Phi) is 7.34. The van der Waals surface area contributed by atoms with Crippen LogP contribution in [0, 0.1) is 5.92 Å². The van der Waals surface area contributed by atoms with Crippen LogP contribution in [0.3, 0.4) is 0 Å². The maximum atomic E-state index is 15.2. The van der Waals surface area contributed by atoms with Crippen LogP contribution in [0.1, 0.15) is 42.0 Å².